The highest BCUT2D eigenvalue weighted by molar-refractivity contribution is 6.24. The first kappa shape index (κ1) is 26.6. The highest BCUT2D eigenvalue weighted by atomic mass is 16.5. The van der Waals surface area contributed by atoms with E-state index in [4.69, 9.17) is 9.47 Å². The van der Waals surface area contributed by atoms with Crippen LogP contribution >= 0.6 is 0 Å². The summed E-state index contributed by atoms with van der Waals surface area (Å²) in [5, 5.41) is 0. The minimum atomic E-state index is -0.163. The molecule has 4 rings (SSSR count). The number of Topliss-reactive ketones (excluding diaryl/α,β-unsaturated/α-hetero) is 2. The van der Waals surface area contributed by atoms with Gasteiger partial charge in [0, 0.05) is 43.9 Å². The minimum absolute atomic E-state index is 0.0657. The molecule has 0 amide bonds. The number of ether oxygens (including phenoxy) is 2. The minimum Gasteiger partial charge on any atom is -0.489 e. The molecule has 0 saturated carbocycles. The summed E-state index contributed by atoms with van der Waals surface area (Å²) in [5.74, 6) is 0.192. The number of rotatable bonds is 13. The van der Waals surface area contributed by atoms with Crippen molar-refractivity contribution >= 4 is 11.6 Å². The summed E-state index contributed by atoms with van der Waals surface area (Å²) in [6, 6.07) is 10.8. The molecule has 1 aromatic rings. The van der Waals surface area contributed by atoms with Gasteiger partial charge in [0.15, 0.2) is 0 Å². The number of hydrogen-bond donors (Lipinski definition) is 0. The second kappa shape index (κ2) is 13.2. The monoisotopic (exact) mass is 494 g/mol. The lowest BCUT2D eigenvalue weighted by Gasteiger charge is -2.34. The van der Waals surface area contributed by atoms with E-state index in [1.165, 1.54) is 91.0 Å². The van der Waals surface area contributed by atoms with E-state index in [1.807, 2.05) is 0 Å². The topological polar surface area (TPSA) is 59.1 Å². The van der Waals surface area contributed by atoms with E-state index in [2.05, 4.69) is 40.1 Å². The number of allylic oxidation sites excluding steroid dienone is 2. The Morgan fingerprint density at radius 1 is 0.722 bits per heavy atom. The summed E-state index contributed by atoms with van der Waals surface area (Å²) in [4.78, 5) is 30.6. The number of carbonyl (C=O) groups is 2. The Labute approximate surface area is 216 Å². The van der Waals surface area contributed by atoms with E-state index >= 15 is 0 Å². The van der Waals surface area contributed by atoms with Crippen LogP contribution in [0, 0.1) is 5.92 Å². The van der Waals surface area contributed by atoms with Crippen molar-refractivity contribution in [3.8, 4) is 0 Å². The fourth-order valence-electron chi connectivity index (χ4n) is 5.90. The maximum absolute atomic E-state index is 12.7. The second-order valence-electron chi connectivity index (χ2n) is 10.5. The van der Waals surface area contributed by atoms with Gasteiger partial charge in [-0.25, -0.2) is 0 Å². The quantitative estimate of drug-likeness (QED) is 0.287. The summed E-state index contributed by atoms with van der Waals surface area (Å²) in [6.07, 6.45) is 10.0. The molecule has 0 radical (unpaired) electrons. The highest BCUT2D eigenvalue weighted by Crippen LogP contribution is 2.41. The average Bonchev–Trinajstić information content (AvgIpc) is 3.34. The van der Waals surface area contributed by atoms with Crippen molar-refractivity contribution in [1.82, 2.24) is 9.80 Å². The Hall–Kier alpha value is -2.44. The third kappa shape index (κ3) is 6.65. The number of unbranched alkanes of at least 4 members (excludes halogenated alkanes) is 5. The van der Waals surface area contributed by atoms with Crippen molar-refractivity contribution in [2.24, 2.45) is 5.92 Å². The number of nitrogens with zero attached hydrogens (tertiary/aromatic N) is 2. The molecule has 1 aromatic carbocycles. The zero-order chi connectivity index (χ0) is 25.3. The van der Waals surface area contributed by atoms with E-state index in [9.17, 15) is 9.59 Å². The van der Waals surface area contributed by atoms with Gasteiger partial charge in [-0.15, -0.1) is 0 Å². The lowest BCUT2D eigenvalue weighted by molar-refractivity contribution is -0.121. The first-order valence-electron chi connectivity index (χ1n) is 13.7. The Morgan fingerprint density at radius 2 is 1.25 bits per heavy atom. The molecule has 2 aliphatic carbocycles. The van der Waals surface area contributed by atoms with Crippen LogP contribution in [0.25, 0.3) is 0 Å². The van der Waals surface area contributed by atoms with Crippen molar-refractivity contribution in [3.05, 3.63) is 58.6 Å². The lowest BCUT2D eigenvalue weighted by Crippen LogP contribution is -2.46. The Bertz CT molecular complexity index is 922. The summed E-state index contributed by atoms with van der Waals surface area (Å²) >= 11 is 0. The first-order chi connectivity index (χ1) is 17.6. The molecule has 3 aliphatic rings. The molecule has 6 heteroatoms. The van der Waals surface area contributed by atoms with Crippen LogP contribution in [-0.4, -0.2) is 68.3 Å². The number of hydrogen-bond acceptors (Lipinski definition) is 6. The van der Waals surface area contributed by atoms with Gasteiger partial charge in [0.2, 0.25) is 23.1 Å². The molecule has 6 nitrogen and oxygen atoms in total. The molecule has 0 unspecified atom stereocenters. The lowest BCUT2D eigenvalue weighted by atomic mass is 9.94. The number of methoxy groups -OCH3 is 2. The standard InChI is InChI=1S/C30H42N2O4/c1-35-29-27(33)25-20-24(21-26(25)28(34)30(29)36-2)14-8-5-3-4-6-11-15-31-16-18-32(19-17-31)22-23-12-9-7-10-13-23/h7,9-10,12-13,24H,3-6,8,11,14-22H2,1-2H3. The van der Waals surface area contributed by atoms with Crippen molar-refractivity contribution < 1.29 is 19.1 Å². The second-order valence-corrected chi connectivity index (χ2v) is 10.5. The van der Waals surface area contributed by atoms with Crippen LogP contribution in [0.5, 0.6) is 0 Å². The smallest absolute Gasteiger partial charge is 0.228 e. The molecule has 36 heavy (non-hydrogen) atoms. The van der Waals surface area contributed by atoms with Gasteiger partial charge in [0.1, 0.15) is 0 Å². The van der Waals surface area contributed by atoms with Crippen molar-refractivity contribution in [2.75, 3.05) is 46.9 Å². The van der Waals surface area contributed by atoms with Crippen molar-refractivity contribution in [1.29, 1.82) is 0 Å². The zero-order valence-corrected chi connectivity index (χ0v) is 22.1. The maximum atomic E-state index is 12.7. The fraction of sp³-hybridized carbons (Fsp3) is 0.600. The number of piperazine rings is 1. The van der Waals surface area contributed by atoms with Crippen LogP contribution in [0.3, 0.4) is 0 Å². The molecule has 196 valence electrons. The van der Waals surface area contributed by atoms with Gasteiger partial charge in [-0.1, -0.05) is 62.4 Å². The molecular formula is C30H42N2O4. The maximum Gasteiger partial charge on any atom is 0.228 e. The summed E-state index contributed by atoms with van der Waals surface area (Å²) < 4.78 is 10.4. The largest absolute Gasteiger partial charge is 0.489 e. The summed E-state index contributed by atoms with van der Waals surface area (Å²) in [7, 11) is 2.84. The van der Waals surface area contributed by atoms with Crippen molar-refractivity contribution in [3.63, 3.8) is 0 Å². The van der Waals surface area contributed by atoms with Gasteiger partial charge in [-0.05, 0) is 43.7 Å². The molecule has 1 fully saturated rings. The number of carbonyl (C=O) groups excluding carboxylic acids is 2. The third-order valence-corrected chi connectivity index (χ3v) is 7.98. The SMILES string of the molecule is COC1=C(OC)C(=O)C2=C(CC(CCCCCCCCN3CCN(Cc4ccccc4)CC3)C2)C1=O. The molecule has 1 saturated heterocycles. The van der Waals surface area contributed by atoms with Crippen LogP contribution in [0.4, 0.5) is 0 Å². The van der Waals surface area contributed by atoms with Gasteiger partial charge in [-0.3, -0.25) is 14.5 Å². The third-order valence-electron chi connectivity index (χ3n) is 7.98. The molecule has 0 N–H and O–H groups in total. The Morgan fingerprint density at radius 3 is 1.83 bits per heavy atom. The predicted octanol–water partition coefficient (Wildman–Crippen LogP) is 4.90. The number of benzene rings is 1. The van der Waals surface area contributed by atoms with Gasteiger partial charge in [0.05, 0.1) is 14.2 Å². The van der Waals surface area contributed by atoms with Crippen LogP contribution < -0.4 is 0 Å². The van der Waals surface area contributed by atoms with Gasteiger partial charge in [0.25, 0.3) is 0 Å². The van der Waals surface area contributed by atoms with E-state index in [0.29, 0.717) is 29.9 Å². The average molecular weight is 495 g/mol. The molecule has 0 atom stereocenters. The van der Waals surface area contributed by atoms with E-state index in [1.54, 1.807) is 0 Å². The fourth-order valence-corrected chi connectivity index (χ4v) is 5.90. The normalized spacial score (nSPS) is 19.8. The first-order valence-corrected chi connectivity index (χ1v) is 13.7. The molecule has 1 heterocycles. The molecule has 1 aliphatic heterocycles. The van der Waals surface area contributed by atoms with Crippen LogP contribution in [0.15, 0.2) is 53.0 Å². The van der Waals surface area contributed by atoms with Crippen LogP contribution in [-0.2, 0) is 25.6 Å². The van der Waals surface area contributed by atoms with Gasteiger partial charge >= 0.3 is 0 Å². The summed E-state index contributed by atoms with van der Waals surface area (Å²) in [5.41, 5.74) is 2.72. The van der Waals surface area contributed by atoms with Crippen LogP contribution in [0.1, 0.15) is 63.4 Å². The van der Waals surface area contributed by atoms with Gasteiger partial charge in [-0.2, -0.15) is 0 Å². The molecule has 0 spiro atoms. The zero-order valence-electron chi connectivity index (χ0n) is 22.1. The van der Waals surface area contributed by atoms with Gasteiger partial charge < -0.3 is 14.4 Å². The summed E-state index contributed by atoms with van der Waals surface area (Å²) in [6.45, 7) is 7.00. The Kier molecular flexibility index (Phi) is 9.76. The highest BCUT2D eigenvalue weighted by Gasteiger charge is 2.41. The van der Waals surface area contributed by atoms with E-state index in [-0.39, 0.29) is 23.1 Å². The predicted molar refractivity (Wildman–Crippen MR) is 141 cm³/mol. The Balaban J connectivity index is 1.03. The van der Waals surface area contributed by atoms with E-state index in [0.717, 1.165) is 13.0 Å². The molecule has 0 bridgehead atoms. The van der Waals surface area contributed by atoms with E-state index < -0.39 is 0 Å². The van der Waals surface area contributed by atoms with Crippen molar-refractivity contribution in [2.45, 2.75) is 64.3 Å². The molecule has 0 aromatic heterocycles. The number of ketones is 2. The van der Waals surface area contributed by atoms with Crippen LogP contribution in [0.2, 0.25) is 0 Å². The molecular weight excluding hydrogens is 452 g/mol.